The van der Waals surface area contributed by atoms with Crippen LogP contribution in [-0.2, 0) is 9.47 Å². The van der Waals surface area contributed by atoms with Crippen molar-refractivity contribution in [2.24, 2.45) is 0 Å². The van der Waals surface area contributed by atoms with E-state index in [-0.39, 0.29) is 6.42 Å². The van der Waals surface area contributed by atoms with Gasteiger partial charge in [0, 0.05) is 20.1 Å². The summed E-state index contributed by atoms with van der Waals surface area (Å²) in [4.78, 5) is 0. The third-order valence-electron chi connectivity index (χ3n) is 2.14. The van der Waals surface area contributed by atoms with Gasteiger partial charge in [0.05, 0.1) is 13.2 Å². The molecule has 0 aromatic rings. The van der Waals surface area contributed by atoms with Crippen molar-refractivity contribution in [3.63, 3.8) is 0 Å². The van der Waals surface area contributed by atoms with E-state index in [1.165, 1.54) is 0 Å². The quantitative estimate of drug-likeness (QED) is 0.576. The third-order valence-corrected chi connectivity index (χ3v) is 2.14. The summed E-state index contributed by atoms with van der Waals surface area (Å²) in [6.07, 6.45) is -3.09. The van der Waals surface area contributed by atoms with Crippen LogP contribution in [0.25, 0.3) is 0 Å². The first-order valence-electron chi connectivity index (χ1n) is 5.90. The Morgan fingerprint density at radius 1 is 0.941 bits per heavy atom. The molecule has 0 aromatic heterocycles. The summed E-state index contributed by atoms with van der Waals surface area (Å²) in [5.41, 5.74) is 0. The molecule has 0 aliphatic heterocycles. The molecule has 0 amide bonds. The molecule has 0 rings (SSSR count). The highest BCUT2D eigenvalue weighted by Gasteiger charge is 2.25. The number of ether oxygens (including phenoxy) is 2. The number of rotatable bonds is 11. The zero-order chi connectivity index (χ0) is 13.0. The van der Waals surface area contributed by atoms with Gasteiger partial charge in [-0.1, -0.05) is 0 Å². The van der Waals surface area contributed by atoms with Crippen LogP contribution >= 0.6 is 0 Å². The SMILES string of the molecule is COCCOCCCNCCCCC(F)(F)F. The zero-order valence-corrected chi connectivity index (χ0v) is 10.3. The summed E-state index contributed by atoms with van der Waals surface area (Å²) in [5, 5.41) is 3.08. The third kappa shape index (κ3) is 15.7. The normalized spacial score (nSPS) is 12.0. The zero-order valence-electron chi connectivity index (χ0n) is 10.3. The minimum absolute atomic E-state index is 0.195. The molecule has 0 saturated heterocycles. The first-order valence-corrected chi connectivity index (χ1v) is 5.90. The molecule has 1 N–H and O–H groups in total. The fourth-order valence-electron chi connectivity index (χ4n) is 1.24. The Morgan fingerprint density at radius 2 is 1.65 bits per heavy atom. The number of unbranched alkanes of at least 4 members (excludes halogenated alkanes) is 1. The lowest BCUT2D eigenvalue weighted by atomic mass is 10.2. The van der Waals surface area contributed by atoms with E-state index in [1.54, 1.807) is 7.11 Å². The average Bonchev–Trinajstić information content (AvgIpc) is 2.24. The van der Waals surface area contributed by atoms with Crippen LogP contribution in [0, 0.1) is 0 Å². The van der Waals surface area contributed by atoms with Crippen LogP contribution in [0.3, 0.4) is 0 Å². The molecule has 0 aliphatic carbocycles. The maximum Gasteiger partial charge on any atom is 0.389 e. The lowest BCUT2D eigenvalue weighted by Crippen LogP contribution is -2.19. The van der Waals surface area contributed by atoms with E-state index >= 15 is 0 Å². The molecule has 0 bridgehead atoms. The van der Waals surface area contributed by atoms with E-state index in [9.17, 15) is 13.2 Å². The second-order valence-corrected chi connectivity index (χ2v) is 3.78. The monoisotopic (exact) mass is 257 g/mol. The van der Waals surface area contributed by atoms with Gasteiger partial charge in [0.15, 0.2) is 0 Å². The van der Waals surface area contributed by atoms with E-state index in [1.807, 2.05) is 0 Å². The van der Waals surface area contributed by atoms with Crippen LogP contribution in [0.4, 0.5) is 13.2 Å². The summed E-state index contributed by atoms with van der Waals surface area (Å²) in [6, 6.07) is 0. The van der Waals surface area contributed by atoms with Gasteiger partial charge in [0.2, 0.25) is 0 Å². The van der Waals surface area contributed by atoms with Crippen molar-refractivity contribution in [2.75, 3.05) is 40.0 Å². The molecule has 0 saturated carbocycles. The first-order chi connectivity index (χ1) is 8.06. The van der Waals surface area contributed by atoms with Gasteiger partial charge < -0.3 is 14.8 Å². The number of hydrogen-bond donors (Lipinski definition) is 1. The molecular weight excluding hydrogens is 235 g/mol. The van der Waals surface area contributed by atoms with Gasteiger partial charge in [0.1, 0.15) is 0 Å². The van der Waals surface area contributed by atoms with E-state index < -0.39 is 12.6 Å². The molecular formula is C11H22F3NO2. The average molecular weight is 257 g/mol. The molecule has 0 radical (unpaired) electrons. The lowest BCUT2D eigenvalue weighted by Gasteiger charge is -2.07. The summed E-state index contributed by atoms with van der Waals surface area (Å²) >= 11 is 0. The Kier molecular flexibility index (Phi) is 10.6. The maximum atomic E-state index is 11.8. The van der Waals surface area contributed by atoms with Crippen LogP contribution in [0.15, 0.2) is 0 Å². The standard InChI is InChI=1S/C11H22F3NO2/c1-16-9-10-17-8-4-7-15-6-3-2-5-11(12,13)14/h15H,2-10H2,1H3. The fourth-order valence-corrected chi connectivity index (χ4v) is 1.24. The van der Waals surface area contributed by atoms with Crippen LogP contribution in [0.5, 0.6) is 0 Å². The van der Waals surface area contributed by atoms with Crippen molar-refractivity contribution in [3.8, 4) is 0 Å². The van der Waals surface area contributed by atoms with Gasteiger partial charge in [-0.15, -0.1) is 0 Å². The van der Waals surface area contributed by atoms with Gasteiger partial charge in [-0.2, -0.15) is 13.2 Å². The van der Waals surface area contributed by atoms with Gasteiger partial charge in [-0.05, 0) is 32.4 Å². The Balaban J connectivity index is 2.99. The van der Waals surface area contributed by atoms with Crippen LogP contribution in [0.2, 0.25) is 0 Å². The van der Waals surface area contributed by atoms with Crippen molar-refractivity contribution in [2.45, 2.75) is 31.9 Å². The maximum absolute atomic E-state index is 11.8. The molecule has 6 heteroatoms. The predicted molar refractivity (Wildman–Crippen MR) is 60.1 cm³/mol. The second kappa shape index (κ2) is 10.8. The Hall–Kier alpha value is -0.330. The van der Waals surface area contributed by atoms with Gasteiger partial charge in [0.25, 0.3) is 0 Å². The van der Waals surface area contributed by atoms with Crippen molar-refractivity contribution in [3.05, 3.63) is 0 Å². The number of hydrogen-bond acceptors (Lipinski definition) is 3. The molecule has 0 aromatic carbocycles. The number of methoxy groups -OCH3 is 1. The number of nitrogens with one attached hydrogen (secondary N) is 1. The minimum Gasteiger partial charge on any atom is -0.382 e. The molecule has 3 nitrogen and oxygen atoms in total. The predicted octanol–water partition coefficient (Wildman–Crippen LogP) is 2.36. The van der Waals surface area contributed by atoms with Gasteiger partial charge in [-0.25, -0.2) is 0 Å². The number of halogens is 3. The molecule has 0 fully saturated rings. The summed E-state index contributed by atoms with van der Waals surface area (Å²) in [6.45, 7) is 3.24. The van der Waals surface area contributed by atoms with Crippen molar-refractivity contribution < 1.29 is 22.6 Å². The highest BCUT2D eigenvalue weighted by molar-refractivity contribution is 4.53. The number of alkyl halides is 3. The second-order valence-electron chi connectivity index (χ2n) is 3.78. The molecule has 104 valence electrons. The van der Waals surface area contributed by atoms with Crippen molar-refractivity contribution in [1.29, 1.82) is 0 Å². The van der Waals surface area contributed by atoms with Gasteiger partial charge in [-0.3, -0.25) is 0 Å². The van der Waals surface area contributed by atoms with E-state index in [0.29, 0.717) is 32.8 Å². The molecule has 17 heavy (non-hydrogen) atoms. The molecule has 0 atom stereocenters. The first kappa shape index (κ1) is 16.7. The lowest BCUT2D eigenvalue weighted by molar-refractivity contribution is -0.135. The van der Waals surface area contributed by atoms with Crippen LogP contribution < -0.4 is 5.32 Å². The summed E-state index contributed by atoms with van der Waals surface area (Å²) < 4.78 is 45.4. The minimum atomic E-state index is -4.02. The van der Waals surface area contributed by atoms with Crippen molar-refractivity contribution >= 4 is 0 Å². The molecule has 0 unspecified atom stereocenters. The summed E-state index contributed by atoms with van der Waals surface area (Å²) in [7, 11) is 1.62. The molecule has 0 spiro atoms. The molecule has 0 heterocycles. The highest BCUT2D eigenvalue weighted by Crippen LogP contribution is 2.21. The van der Waals surface area contributed by atoms with Crippen LogP contribution in [0.1, 0.15) is 25.7 Å². The Labute approximate surface area is 101 Å². The van der Waals surface area contributed by atoms with Crippen LogP contribution in [-0.4, -0.2) is 46.2 Å². The Bertz CT molecular complexity index is 165. The van der Waals surface area contributed by atoms with E-state index in [2.05, 4.69) is 5.32 Å². The fraction of sp³-hybridized carbons (Fsp3) is 1.00. The summed E-state index contributed by atoms with van der Waals surface area (Å²) in [5.74, 6) is 0. The smallest absolute Gasteiger partial charge is 0.382 e. The van der Waals surface area contributed by atoms with Gasteiger partial charge >= 0.3 is 6.18 Å². The topological polar surface area (TPSA) is 30.5 Å². The largest absolute Gasteiger partial charge is 0.389 e. The van der Waals surface area contributed by atoms with E-state index in [4.69, 9.17) is 9.47 Å². The Morgan fingerprint density at radius 3 is 2.29 bits per heavy atom. The highest BCUT2D eigenvalue weighted by atomic mass is 19.4. The molecule has 0 aliphatic rings. The van der Waals surface area contributed by atoms with Crippen molar-refractivity contribution in [1.82, 2.24) is 5.32 Å². The van der Waals surface area contributed by atoms with E-state index in [0.717, 1.165) is 13.0 Å².